The van der Waals surface area contributed by atoms with Crippen molar-refractivity contribution in [2.75, 3.05) is 6.54 Å². The number of urea groups is 1. The van der Waals surface area contributed by atoms with Crippen LogP contribution in [0.3, 0.4) is 0 Å². The summed E-state index contributed by atoms with van der Waals surface area (Å²) >= 11 is 1.53. The highest BCUT2D eigenvalue weighted by Gasteiger charge is 2.28. The molecule has 3 amide bonds. The number of hydrogen-bond donors (Lipinski definition) is 2. The number of nitrogens with zero attached hydrogens (tertiary/aromatic N) is 1. The van der Waals surface area contributed by atoms with E-state index in [1.54, 1.807) is 18.2 Å². The monoisotopic (exact) mass is 486 g/mol. The van der Waals surface area contributed by atoms with Crippen LogP contribution in [0.2, 0.25) is 0 Å². The minimum absolute atomic E-state index is 0.128. The Morgan fingerprint density at radius 2 is 1.66 bits per heavy atom. The van der Waals surface area contributed by atoms with Crippen molar-refractivity contribution in [2.24, 2.45) is 0 Å². The van der Waals surface area contributed by atoms with Gasteiger partial charge in [0.1, 0.15) is 6.04 Å². The summed E-state index contributed by atoms with van der Waals surface area (Å²) in [6.07, 6.45) is 0.674. The normalized spacial score (nSPS) is 11.7. The van der Waals surface area contributed by atoms with Crippen molar-refractivity contribution in [1.29, 1.82) is 0 Å². The molecule has 0 aliphatic heterocycles. The minimum Gasteiger partial charge on any atom is -0.480 e. The highest BCUT2D eigenvalue weighted by Crippen LogP contribution is 2.27. The molecule has 4 rings (SSSR count). The number of carbonyl (C=O) groups excluding carboxylic acids is 2. The average Bonchev–Trinajstić information content (AvgIpc) is 3.29. The van der Waals surface area contributed by atoms with Gasteiger partial charge in [0.2, 0.25) is 0 Å². The van der Waals surface area contributed by atoms with E-state index in [-0.39, 0.29) is 13.0 Å². The fourth-order valence-electron chi connectivity index (χ4n) is 3.97. The summed E-state index contributed by atoms with van der Waals surface area (Å²) in [6.45, 7) is 2.04. The summed E-state index contributed by atoms with van der Waals surface area (Å²) in [5.41, 5.74) is 3.04. The maximum absolute atomic E-state index is 13.3. The third-order valence-electron chi connectivity index (χ3n) is 5.74. The molecule has 0 saturated carbocycles. The maximum atomic E-state index is 13.3. The molecule has 2 N–H and O–H groups in total. The smallest absolute Gasteiger partial charge is 0.326 e. The van der Waals surface area contributed by atoms with Crippen LogP contribution in [0.4, 0.5) is 4.79 Å². The van der Waals surface area contributed by atoms with Crippen molar-refractivity contribution in [1.82, 2.24) is 10.2 Å². The van der Waals surface area contributed by atoms with Gasteiger partial charge in [0.25, 0.3) is 5.91 Å². The average molecular weight is 487 g/mol. The molecule has 1 heterocycles. The molecule has 0 saturated heterocycles. The first-order chi connectivity index (χ1) is 17.0. The zero-order valence-corrected chi connectivity index (χ0v) is 20.1. The van der Waals surface area contributed by atoms with Gasteiger partial charge in [-0.2, -0.15) is 0 Å². The Hall–Kier alpha value is -3.97. The van der Waals surface area contributed by atoms with Gasteiger partial charge in [0, 0.05) is 23.2 Å². The van der Waals surface area contributed by atoms with Crippen LogP contribution in [-0.4, -0.2) is 40.5 Å². The molecule has 1 aromatic heterocycles. The minimum atomic E-state index is -1.16. The van der Waals surface area contributed by atoms with Gasteiger partial charge < -0.3 is 10.4 Å². The molecule has 0 fully saturated rings. The number of nitrogens with one attached hydrogen (secondary N) is 1. The predicted octanol–water partition coefficient (Wildman–Crippen LogP) is 5.83. The number of benzene rings is 3. The molecule has 0 aliphatic carbocycles. The molecule has 0 aliphatic rings. The summed E-state index contributed by atoms with van der Waals surface area (Å²) < 4.78 is 1.05. The second-order valence-electron chi connectivity index (χ2n) is 8.21. The Bertz CT molecular complexity index is 1350. The van der Waals surface area contributed by atoms with Crippen molar-refractivity contribution in [3.8, 4) is 11.1 Å². The number of aliphatic carboxylic acids is 1. The van der Waals surface area contributed by atoms with E-state index in [9.17, 15) is 19.5 Å². The van der Waals surface area contributed by atoms with Gasteiger partial charge in [0.15, 0.2) is 0 Å². The molecule has 0 unspecified atom stereocenters. The number of carbonyl (C=O) groups is 3. The summed E-state index contributed by atoms with van der Waals surface area (Å²) in [6, 6.07) is 22.6. The molecule has 35 heavy (non-hydrogen) atoms. The lowest BCUT2D eigenvalue weighted by Gasteiger charge is -2.23. The number of hydrogen-bond acceptors (Lipinski definition) is 4. The van der Waals surface area contributed by atoms with Crippen LogP contribution >= 0.6 is 11.3 Å². The number of thiophene rings is 1. The summed E-state index contributed by atoms with van der Waals surface area (Å²) in [5.74, 6) is -1.61. The number of amides is 3. The van der Waals surface area contributed by atoms with E-state index in [4.69, 9.17) is 0 Å². The lowest BCUT2D eigenvalue weighted by atomic mass is 10.0. The number of carboxylic acid groups (broad SMARTS) is 1. The largest absolute Gasteiger partial charge is 0.480 e. The SMILES string of the molecule is CCCN(C(=O)N[C@@H](Cc1csc2ccccc12)C(=O)O)C(=O)c1cccc(-c2ccccc2)c1. The van der Waals surface area contributed by atoms with E-state index in [0.29, 0.717) is 12.0 Å². The molecule has 7 heteroatoms. The molecule has 0 bridgehead atoms. The predicted molar refractivity (Wildman–Crippen MR) is 139 cm³/mol. The topological polar surface area (TPSA) is 86.7 Å². The second kappa shape index (κ2) is 11.0. The van der Waals surface area contributed by atoms with E-state index in [1.165, 1.54) is 11.3 Å². The van der Waals surface area contributed by atoms with Crippen LogP contribution in [0.15, 0.2) is 84.2 Å². The fourth-order valence-corrected chi connectivity index (χ4v) is 4.95. The molecule has 0 radical (unpaired) electrons. The Morgan fingerprint density at radius 1 is 0.943 bits per heavy atom. The lowest BCUT2D eigenvalue weighted by Crippen LogP contribution is -2.51. The Kier molecular flexibility index (Phi) is 7.57. The first-order valence-electron chi connectivity index (χ1n) is 11.4. The first-order valence-corrected chi connectivity index (χ1v) is 12.3. The van der Waals surface area contributed by atoms with E-state index in [0.717, 1.165) is 31.7 Å². The number of imide groups is 1. The molecule has 6 nitrogen and oxygen atoms in total. The van der Waals surface area contributed by atoms with Crippen LogP contribution < -0.4 is 5.32 Å². The van der Waals surface area contributed by atoms with Crippen molar-refractivity contribution in [3.05, 3.63) is 95.4 Å². The summed E-state index contributed by atoms with van der Waals surface area (Å²) in [4.78, 5) is 39.6. The van der Waals surface area contributed by atoms with Crippen molar-refractivity contribution in [3.63, 3.8) is 0 Å². The van der Waals surface area contributed by atoms with Gasteiger partial charge in [-0.1, -0.05) is 67.6 Å². The molecule has 178 valence electrons. The van der Waals surface area contributed by atoms with Gasteiger partial charge in [-0.15, -0.1) is 11.3 Å². The molecule has 1 atom stereocenters. The van der Waals surface area contributed by atoms with Gasteiger partial charge in [-0.25, -0.2) is 9.59 Å². The molecular weight excluding hydrogens is 460 g/mol. The van der Waals surface area contributed by atoms with Gasteiger partial charge in [-0.05, 0) is 52.1 Å². The Labute approximate surface area is 207 Å². The number of rotatable bonds is 8. The number of carboxylic acids is 1. The third-order valence-corrected chi connectivity index (χ3v) is 6.75. The molecule has 4 aromatic rings. The first kappa shape index (κ1) is 24.2. The Morgan fingerprint density at radius 3 is 2.40 bits per heavy atom. The number of fused-ring (bicyclic) bond motifs is 1. The maximum Gasteiger partial charge on any atom is 0.326 e. The quantitative estimate of drug-likeness (QED) is 0.328. The summed E-state index contributed by atoms with van der Waals surface area (Å²) in [5, 5.41) is 15.3. The van der Waals surface area contributed by atoms with Crippen molar-refractivity contribution < 1.29 is 19.5 Å². The van der Waals surface area contributed by atoms with Crippen LogP contribution in [-0.2, 0) is 11.2 Å². The Balaban J connectivity index is 1.54. The second-order valence-corrected chi connectivity index (χ2v) is 9.12. The van der Waals surface area contributed by atoms with Gasteiger partial charge >= 0.3 is 12.0 Å². The standard InChI is InChI=1S/C28H26N2O4S/c1-2-15-30(26(31)21-12-8-11-20(16-21)19-9-4-3-5-10-19)28(34)29-24(27(32)33)17-22-18-35-25-14-7-6-13-23(22)25/h3-14,16,18,24H,2,15,17H2,1H3,(H,29,34)(H,32,33)/t24-/m0/s1. The third kappa shape index (κ3) is 5.58. The lowest BCUT2D eigenvalue weighted by molar-refractivity contribution is -0.139. The highest BCUT2D eigenvalue weighted by molar-refractivity contribution is 7.17. The fraction of sp³-hybridized carbons (Fsp3) is 0.179. The van der Waals surface area contributed by atoms with Crippen LogP contribution in [0.5, 0.6) is 0 Å². The molecule has 3 aromatic carbocycles. The van der Waals surface area contributed by atoms with E-state index < -0.39 is 23.9 Å². The van der Waals surface area contributed by atoms with Crippen LogP contribution in [0.25, 0.3) is 21.2 Å². The van der Waals surface area contributed by atoms with Crippen molar-refractivity contribution >= 4 is 39.3 Å². The van der Waals surface area contributed by atoms with Gasteiger partial charge in [-0.3, -0.25) is 9.69 Å². The molecule has 0 spiro atoms. The van der Waals surface area contributed by atoms with E-state index >= 15 is 0 Å². The highest BCUT2D eigenvalue weighted by atomic mass is 32.1. The van der Waals surface area contributed by atoms with Crippen LogP contribution in [0.1, 0.15) is 29.3 Å². The molecular formula is C28H26N2O4S. The summed E-state index contributed by atoms with van der Waals surface area (Å²) in [7, 11) is 0. The zero-order chi connectivity index (χ0) is 24.8. The van der Waals surface area contributed by atoms with E-state index in [1.807, 2.05) is 73.0 Å². The zero-order valence-electron chi connectivity index (χ0n) is 19.3. The van der Waals surface area contributed by atoms with Gasteiger partial charge in [0.05, 0.1) is 0 Å². The van der Waals surface area contributed by atoms with Crippen LogP contribution in [0, 0.1) is 0 Å². The van der Waals surface area contributed by atoms with Crippen molar-refractivity contribution in [2.45, 2.75) is 25.8 Å². The van der Waals surface area contributed by atoms with E-state index in [2.05, 4.69) is 5.32 Å².